The molecular formula is C21H26N2O3. The molecule has 0 atom stereocenters. The van der Waals surface area contributed by atoms with Gasteiger partial charge >= 0.3 is 0 Å². The van der Waals surface area contributed by atoms with Crippen LogP contribution in [0.4, 0.5) is 0 Å². The van der Waals surface area contributed by atoms with E-state index in [0.29, 0.717) is 0 Å². The van der Waals surface area contributed by atoms with E-state index in [-0.39, 0.29) is 5.60 Å². The lowest BCUT2D eigenvalue weighted by Gasteiger charge is -2.45. The molecule has 1 spiro atoms. The first-order valence-corrected chi connectivity index (χ1v) is 9.25. The fraction of sp³-hybridized carbons (Fsp3) is 0.476. The molecule has 2 aromatic rings. The van der Waals surface area contributed by atoms with Crippen LogP contribution in [0.5, 0.6) is 11.5 Å². The van der Waals surface area contributed by atoms with Gasteiger partial charge in [0.1, 0.15) is 0 Å². The van der Waals surface area contributed by atoms with Crippen LogP contribution in [0, 0.1) is 0 Å². The van der Waals surface area contributed by atoms with E-state index in [2.05, 4.69) is 34.1 Å². The summed E-state index contributed by atoms with van der Waals surface area (Å²) in [6.07, 6.45) is 6.65. The number of rotatable bonds is 4. The van der Waals surface area contributed by atoms with Crippen molar-refractivity contribution in [3.8, 4) is 11.5 Å². The highest BCUT2D eigenvalue weighted by molar-refractivity contribution is 5.50. The highest BCUT2D eigenvalue weighted by Gasteiger charge is 2.41. The van der Waals surface area contributed by atoms with E-state index >= 15 is 0 Å². The molecule has 0 unspecified atom stereocenters. The number of likely N-dealkylation sites (tertiary alicyclic amines) is 1. The van der Waals surface area contributed by atoms with Crippen LogP contribution in [0.1, 0.15) is 29.5 Å². The molecule has 2 aliphatic rings. The number of nitrogens with zero attached hydrogens (tertiary/aromatic N) is 2. The van der Waals surface area contributed by atoms with Gasteiger partial charge in [-0.3, -0.25) is 9.88 Å². The van der Waals surface area contributed by atoms with Gasteiger partial charge in [0.15, 0.2) is 11.5 Å². The Labute approximate surface area is 154 Å². The molecule has 2 aliphatic heterocycles. The van der Waals surface area contributed by atoms with Crippen LogP contribution in [-0.2, 0) is 23.3 Å². The van der Waals surface area contributed by atoms with Gasteiger partial charge < -0.3 is 14.2 Å². The van der Waals surface area contributed by atoms with Crippen molar-refractivity contribution in [3.63, 3.8) is 0 Å². The maximum absolute atomic E-state index is 6.37. The average molecular weight is 354 g/mol. The molecule has 5 heteroatoms. The van der Waals surface area contributed by atoms with Crippen molar-refractivity contribution in [2.45, 2.75) is 31.4 Å². The smallest absolute Gasteiger partial charge is 0.161 e. The Kier molecular flexibility index (Phi) is 4.83. The van der Waals surface area contributed by atoms with E-state index in [1.165, 1.54) is 16.7 Å². The molecule has 4 rings (SSSR count). The number of pyridine rings is 1. The number of hydrogen-bond acceptors (Lipinski definition) is 5. The van der Waals surface area contributed by atoms with E-state index in [0.717, 1.165) is 57.0 Å². The number of piperidine rings is 1. The van der Waals surface area contributed by atoms with E-state index in [9.17, 15) is 0 Å². The first-order valence-electron chi connectivity index (χ1n) is 9.25. The lowest BCUT2D eigenvalue weighted by atomic mass is 9.79. The van der Waals surface area contributed by atoms with Crippen LogP contribution in [-0.4, -0.2) is 43.8 Å². The largest absolute Gasteiger partial charge is 0.493 e. The number of ether oxygens (including phenoxy) is 3. The topological polar surface area (TPSA) is 43.8 Å². The standard InChI is InChI=1S/C21H26N2O3/c1-24-19-13-17-5-12-26-21(18(17)14-20(19)25-2)6-10-23(11-7-21)15-16-3-8-22-9-4-16/h3-4,8-9,13-14H,5-7,10-12,15H2,1-2H3. The summed E-state index contributed by atoms with van der Waals surface area (Å²) in [5.74, 6) is 1.59. The summed E-state index contributed by atoms with van der Waals surface area (Å²) in [5, 5.41) is 0. The van der Waals surface area contributed by atoms with Crippen LogP contribution >= 0.6 is 0 Å². The normalized spacial score (nSPS) is 19.2. The molecule has 0 radical (unpaired) electrons. The predicted molar refractivity (Wildman–Crippen MR) is 99.6 cm³/mol. The molecule has 5 nitrogen and oxygen atoms in total. The summed E-state index contributed by atoms with van der Waals surface area (Å²) in [7, 11) is 3.38. The summed E-state index contributed by atoms with van der Waals surface area (Å²) < 4.78 is 17.4. The van der Waals surface area contributed by atoms with Crippen LogP contribution in [0.2, 0.25) is 0 Å². The molecule has 0 N–H and O–H groups in total. The minimum absolute atomic E-state index is 0.193. The van der Waals surface area contributed by atoms with E-state index < -0.39 is 0 Å². The van der Waals surface area contributed by atoms with Crippen LogP contribution in [0.25, 0.3) is 0 Å². The van der Waals surface area contributed by atoms with Crippen molar-refractivity contribution in [1.29, 1.82) is 0 Å². The average Bonchev–Trinajstić information content (AvgIpc) is 2.70. The van der Waals surface area contributed by atoms with Gasteiger partial charge in [-0.25, -0.2) is 0 Å². The second-order valence-electron chi connectivity index (χ2n) is 7.09. The van der Waals surface area contributed by atoms with Gasteiger partial charge in [0, 0.05) is 32.0 Å². The molecule has 3 heterocycles. The molecular weight excluding hydrogens is 328 g/mol. The van der Waals surface area contributed by atoms with E-state index in [1.54, 1.807) is 14.2 Å². The number of fused-ring (bicyclic) bond motifs is 2. The van der Waals surface area contributed by atoms with Gasteiger partial charge in [0.25, 0.3) is 0 Å². The van der Waals surface area contributed by atoms with Crippen molar-refractivity contribution in [2.75, 3.05) is 33.9 Å². The maximum Gasteiger partial charge on any atom is 0.161 e. The second-order valence-corrected chi connectivity index (χ2v) is 7.09. The summed E-state index contributed by atoms with van der Waals surface area (Å²) in [6.45, 7) is 3.79. The third-order valence-electron chi connectivity index (χ3n) is 5.67. The first-order chi connectivity index (χ1) is 12.7. The Morgan fingerprint density at radius 3 is 2.46 bits per heavy atom. The van der Waals surface area contributed by atoms with Crippen molar-refractivity contribution in [2.24, 2.45) is 0 Å². The number of aromatic nitrogens is 1. The lowest BCUT2D eigenvalue weighted by molar-refractivity contribution is -0.0990. The predicted octanol–water partition coefficient (Wildman–Crippen LogP) is 3.16. The molecule has 1 saturated heterocycles. The van der Waals surface area contributed by atoms with Crippen LogP contribution in [0.3, 0.4) is 0 Å². The Hall–Kier alpha value is -2.11. The fourth-order valence-corrected chi connectivity index (χ4v) is 4.22. The number of hydrogen-bond donors (Lipinski definition) is 0. The fourth-order valence-electron chi connectivity index (χ4n) is 4.22. The zero-order chi connectivity index (χ0) is 18.0. The summed E-state index contributed by atoms with van der Waals surface area (Å²) in [6, 6.07) is 8.44. The van der Waals surface area contributed by atoms with Gasteiger partial charge in [0.05, 0.1) is 26.4 Å². The highest BCUT2D eigenvalue weighted by Crippen LogP contribution is 2.45. The van der Waals surface area contributed by atoms with Crippen LogP contribution < -0.4 is 9.47 Å². The van der Waals surface area contributed by atoms with Crippen LogP contribution in [0.15, 0.2) is 36.7 Å². The lowest BCUT2D eigenvalue weighted by Crippen LogP contribution is -2.46. The zero-order valence-electron chi connectivity index (χ0n) is 15.5. The molecule has 0 bridgehead atoms. The van der Waals surface area contributed by atoms with Crippen molar-refractivity contribution in [3.05, 3.63) is 53.3 Å². The van der Waals surface area contributed by atoms with Gasteiger partial charge in [-0.2, -0.15) is 0 Å². The van der Waals surface area contributed by atoms with Gasteiger partial charge in [-0.1, -0.05) is 0 Å². The molecule has 1 aromatic heterocycles. The highest BCUT2D eigenvalue weighted by atomic mass is 16.5. The monoisotopic (exact) mass is 354 g/mol. The molecule has 0 saturated carbocycles. The summed E-state index contributed by atoms with van der Waals surface area (Å²) in [5.41, 5.74) is 3.73. The molecule has 138 valence electrons. The van der Waals surface area contributed by atoms with E-state index in [4.69, 9.17) is 14.2 Å². The number of methoxy groups -OCH3 is 2. The quantitative estimate of drug-likeness (QED) is 0.844. The summed E-state index contributed by atoms with van der Waals surface area (Å²) in [4.78, 5) is 6.60. The first kappa shape index (κ1) is 17.3. The Balaban J connectivity index is 1.54. The van der Waals surface area contributed by atoms with Crippen molar-refractivity contribution < 1.29 is 14.2 Å². The Bertz CT molecular complexity index is 755. The molecule has 0 aliphatic carbocycles. The molecule has 0 amide bonds. The van der Waals surface area contributed by atoms with Gasteiger partial charge in [-0.15, -0.1) is 0 Å². The summed E-state index contributed by atoms with van der Waals surface area (Å²) >= 11 is 0. The van der Waals surface area contributed by atoms with Crippen molar-refractivity contribution in [1.82, 2.24) is 9.88 Å². The van der Waals surface area contributed by atoms with Gasteiger partial charge in [0.2, 0.25) is 0 Å². The SMILES string of the molecule is COc1cc2c(cc1OC)C1(CCN(Cc3ccncc3)CC1)OCC2. The molecule has 1 aromatic carbocycles. The van der Waals surface area contributed by atoms with E-state index in [1.807, 2.05) is 12.4 Å². The number of benzene rings is 1. The minimum Gasteiger partial charge on any atom is -0.493 e. The Morgan fingerprint density at radius 2 is 1.77 bits per heavy atom. The third kappa shape index (κ3) is 3.17. The third-order valence-corrected chi connectivity index (χ3v) is 5.67. The van der Waals surface area contributed by atoms with Gasteiger partial charge in [-0.05, 0) is 60.2 Å². The zero-order valence-corrected chi connectivity index (χ0v) is 15.5. The van der Waals surface area contributed by atoms with Crippen molar-refractivity contribution >= 4 is 0 Å². The second kappa shape index (κ2) is 7.25. The molecule has 26 heavy (non-hydrogen) atoms. The molecule has 1 fully saturated rings. The maximum atomic E-state index is 6.37. The Morgan fingerprint density at radius 1 is 1.08 bits per heavy atom. The minimum atomic E-state index is -0.193.